The second-order valence-electron chi connectivity index (χ2n) is 3.72. The fraction of sp³-hybridized carbons (Fsp3) is 0.0769. The average molecular weight is 288 g/mol. The number of anilines is 1. The van der Waals surface area contributed by atoms with Crippen molar-refractivity contribution >= 4 is 28.9 Å². The maximum absolute atomic E-state index is 13.4. The molecule has 1 nitrogen and oxygen atoms in total. The first kappa shape index (κ1) is 13.1. The zero-order chi connectivity index (χ0) is 13.1. The van der Waals surface area contributed by atoms with Crippen LogP contribution in [0.15, 0.2) is 36.4 Å². The van der Waals surface area contributed by atoms with E-state index in [0.29, 0.717) is 15.7 Å². The van der Waals surface area contributed by atoms with Gasteiger partial charge in [0.2, 0.25) is 0 Å². The molecule has 0 saturated heterocycles. The summed E-state index contributed by atoms with van der Waals surface area (Å²) in [5.74, 6) is -0.925. The van der Waals surface area contributed by atoms with Crippen molar-refractivity contribution < 1.29 is 8.78 Å². The molecule has 0 amide bonds. The van der Waals surface area contributed by atoms with Gasteiger partial charge < -0.3 is 5.32 Å². The van der Waals surface area contributed by atoms with E-state index in [-0.39, 0.29) is 12.1 Å². The van der Waals surface area contributed by atoms with Gasteiger partial charge in [0.1, 0.15) is 11.6 Å². The van der Waals surface area contributed by atoms with Crippen LogP contribution in [-0.2, 0) is 6.54 Å². The zero-order valence-corrected chi connectivity index (χ0v) is 10.7. The molecule has 2 aromatic rings. The summed E-state index contributed by atoms with van der Waals surface area (Å²) in [6, 6.07) is 8.31. The molecule has 0 aromatic heterocycles. The van der Waals surface area contributed by atoms with Crippen LogP contribution >= 0.6 is 23.2 Å². The van der Waals surface area contributed by atoms with E-state index >= 15 is 0 Å². The third-order valence-electron chi connectivity index (χ3n) is 2.41. The molecule has 94 valence electrons. The van der Waals surface area contributed by atoms with Crippen molar-refractivity contribution in [1.82, 2.24) is 0 Å². The van der Waals surface area contributed by atoms with Gasteiger partial charge in [0.25, 0.3) is 0 Å². The summed E-state index contributed by atoms with van der Waals surface area (Å²) in [4.78, 5) is 0. The SMILES string of the molecule is Fc1ccc(F)c(CNc2ccc(Cl)c(Cl)c2)c1. The Bertz CT molecular complexity index is 573. The van der Waals surface area contributed by atoms with Crippen LogP contribution in [0.5, 0.6) is 0 Å². The number of halogens is 4. The van der Waals surface area contributed by atoms with E-state index in [0.717, 1.165) is 18.2 Å². The lowest BCUT2D eigenvalue weighted by Gasteiger charge is -2.08. The molecule has 1 N–H and O–H groups in total. The lowest BCUT2D eigenvalue weighted by molar-refractivity contribution is 0.587. The third kappa shape index (κ3) is 3.12. The topological polar surface area (TPSA) is 12.0 Å². The predicted molar refractivity (Wildman–Crippen MR) is 70.1 cm³/mol. The highest BCUT2D eigenvalue weighted by molar-refractivity contribution is 6.42. The van der Waals surface area contributed by atoms with Crippen molar-refractivity contribution in [3.8, 4) is 0 Å². The summed E-state index contributed by atoms with van der Waals surface area (Å²) < 4.78 is 26.3. The molecule has 0 atom stereocenters. The molecule has 0 aliphatic carbocycles. The Labute approximate surface area is 113 Å². The summed E-state index contributed by atoms with van der Waals surface area (Å²) >= 11 is 11.6. The summed E-state index contributed by atoms with van der Waals surface area (Å²) in [7, 11) is 0. The third-order valence-corrected chi connectivity index (χ3v) is 3.15. The second kappa shape index (κ2) is 5.55. The molecule has 0 bridgehead atoms. The number of nitrogens with one attached hydrogen (secondary N) is 1. The first-order chi connectivity index (χ1) is 8.56. The molecule has 0 heterocycles. The summed E-state index contributed by atoms with van der Waals surface area (Å²) in [6.45, 7) is 0.168. The van der Waals surface area contributed by atoms with Gasteiger partial charge in [-0.3, -0.25) is 0 Å². The fourth-order valence-electron chi connectivity index (χ4n) is 1.48. The highest BCUT2D eigenvalue weighted by Gasteiger charge is 2.04. The molecule has 0 unspecified atom stereocenters. The largest absolute Gasteiger partial charge is 0.381 e. The van der Waals surface area contributed by atoms with Gasteiger partial charge in [-0.25, -0.2) is 8.78 Å². The van der Waals surface area contributed by atoms with Gasteiger partial charge in [0.05, 0.1) is 10.0 Å². The number of benzene rings is 2. The summed E-state index contributed by atoms with van der Waals surface area (Å²) in [5.41, 5.74) is 0.939. The van der Waals surface area contributed by atoms with Gasteiger partial charge in [-0.15, -0.1) is 0 Å². The maximum atomic E-state index is 13.4. The summed E-state index contributed by atoms with van der Waals surface area (Å²) in [5, 5.41) is 3.80. The maximum Gasteiger partial charge on any atom is 0.128 e. The van der Waals surface area contributed by atoms with Crippen molar-refractivity contribution in [2.45, 2.75) is 6.54 Å². The Hall–Kier alpha value is -1.32. The van der Waals surface area contributed by atoms with Crippen LogP contribution in [0.25, 0.3) is 0 Å². The van der Waals surface area contributed by atoms with E-state index in [1.165, 1.54) is 0 Å². The van der Waals surface area contributed by atoms with Crippen LogP contribution < -0.4 is 5.32 Å². The molecule has 0 fully saturated rings. The molecule has 0 saturated carbocycles. The second-order valence-corrected chi connectivity index (χ2v) is 4.53. The first-order valence-corrected chi connectivity index (χ1v) is 5.95. The molecule has 5 heteroatoms. The Balaban J connectivity index is 2.11. The minimum absolute atomic E-state index is 0.168. The Morgan fingerprint density at radius 2 is 1.72 bits per heavy atom. The summed E-state index contributed by atoms with van der Waals surface area (Å²) in [6.07, 6.45) is 0. The normalized spacial score (nSPS) is 10.4. The van der Waals surface area contributed by atoms with Crippen molar-refractivity contribution in [2.24, 2.45) is 0 Å². The van der Waals surface area contributed by atoms with Gasteiger partial charge in [-0.05, 0) is 36.4 Å². The van der Waals surface area contributed by atoms with Gasteiger partial charge in [0.15, 0.2) is 0 Å². The number of hydrogen-bond acceptors (Lipinski definition) is 1. The van der Waals surface area contributed by atoms with Crippen molar-refractivity contribution in [3.05, 3.63) is 63.6 Å². The quantitative estimate of drug-likeness (QED) is 0.848. The van der Waals surface area contributed by atoms with Crippen molar-refractivity contribution in [3.63, 3.8) is 0 Å². The first-order valence-electron chi connectivity index (χ1n) is 5.19. The molecule has 0 radical (unpaired) electrons. The molecular weight excluding hydrogens is 279 g/mol. The number of hydrogen-bond donors (Lipinski definition) is 1. The molecule has 2 aromatic carbocycles. The smallest absolute Gasteiger partial charge is 0.128 e. The Morgan fingerprint density at radius 3 is 2.44 bits per heavy atom. The van der Waals surface area contributed by atoms with Gasteiger partial charge in [0, 0.05) is 17.8 Å². The van der Waals surface area contributed by atoms with Crippen molar-refractivity contribution in [2.75, 3.05) is 5.32 Å². The molecule has 0 spiro atoms. The van der Waals surface area contributed by atoms with E-state index in [1.54, 1.807) is 18.2 Å². The van der Waals surface area contributed by atoms with Gasteiger partial charge >= 0.3 is 0 Å². The van der Waals surface area contributed by atoms with E-state index in [4.69, 9.17) is 23.2 Å². The average Bonchev–Trinajstić information content (AvgIpc) is 2.34. The fourth-order valence-corrected chi connectivity index (χ4v) is 1.78. The Morgan fingerprint density at radius 1 is 0.944 bits per heavy atom. The van der Waals surface area contributed by atoms with Crippen molar-refractivity contribution in [1.29, 1.82) is 0 Å². The lowest BCUT2D eigenvalue weighted by atomic mass is 10.2. The van der Waals surface area contributed by atoms with E-state index < -0.39 is 11.6 Å². The van der Waals surface area contributed by atoms with E-state index in [1.807, 2.05) is 0 Å². The lowest BCUT2D eigenvalue weighted by Crippen LogP contribution is -2.02. The Kier molecular flexibility index (Phi) is 4.04. The van der Waals surface area contributed by atoms with E-state index in [9.17, 15) is 8.78 Å². The van der Waals surface area contributed by atoms with Crippen LogP contribution in [-0.4, -0.2) is 0 Å². The van der Waals surface area contributed by atoms with Crippen LogP contribution in [0.2, 0.25) is 10.0 Å². The zero-order valence-electron chi connectivity index (χ0n) is 9.18. The minimum atomic E-state index is -0.470. The minimum Gasteiger partial charge on any atom is -0.381 e. The molecular formula is C13H9Cl2F2N. The molecule has 18 heavy (non-hydrogen) atoms. The molecule has 0 aliphatic heterocycles. The van der Waals surface area contributed by atoms with Crippen LogP contribution in [0, 0.1) is 11.6 Å². The highest BCUT2D eigenvalue weighted by Crippen LogP contribution is 2.25. The van der Waals surface area contributed by atoms with Crippen LogP contribution in [0.1, 0.15) is 5.56 Å². The van der Waals surface area contributed by atoms with Crippen LogP contribution in [0.4, 0.5) is 14.5 Å². The van der Waals surface area contributed by atoms with E-state index in [2.05, 4.69) is 5.32 Å². The highest BCUT2D eigenvalue weighted by atomic mass is 35.5. The standard InChI is InChI=1S/C13H9Cl2F2N/c14-11-3-2-10(6-12(11)15)18-7-8-5-9(16)1-4-13(8)17/h1-6,18H,7H2. The van der Waals surface area contributed by atoms with Crippen LogP contribution in [0.3, 0.4) is 0 Å². The molecule has 2 rings (SSSR count). The van der Waals surface area contributed by atoms with Gasteiger partial charge in [-0.2, -0.15) is 0 Å². The molecule has 0 aliphatic rings. The number of rotatable bonds is 3. The predicted octanol–water partition coefficient (Wildman–Crippen LogP) is 4.88. The monoisotopic (exact) mass is 287 g/mol. The van der Waals surface area contributed by atoms with Gasteiger partial charge in [-0.1, -0.05) is 23.2 Å².